The Morgan fingerprint density at radius 3 is 2.42 bits per heavy atom. The molecule has 0 bridgehead atoms. The lowest BCUT2D eigenvalue weighted by atomic mass is 10.1. The van der Waals surface area contributed by atoms with Gasteiger partial charge in [0.1, 0.15) is 28.9 Å². The highest BCUT2D eigenvalue weighted by Crippen LogP contribution is 2.28. The molecule has 5 aromatic rings. The summed E-state index contributed by atoms with van der Waals surface area (Å²) in [6.07, 6.45) is 2.87. The molecule has 1 N–H and O–H groups in total. The summed E-state index contributed by atoms with van der Waals surface area (Å²) in [7, 11) is 3.10. The first-order chi connectivity index (χ1) is 18.5. The molecule has 10 heteroatoms. The van der Waals surface area contributed by atoms with E-state index in [-0.39, 0.29) is 23.9 Å². The Balaban J connectivity index is 1.31. The lowest BCUT2D eigenvalue weighted by Crippen LogP contribution is -2.29. The van der Waals surface area contributed by atoms with Crippen molar-refractivity contribution in [2.75, 3.05) is 14.2 Å². The summed E-state index contributed by atoms with van der Waals surface area (Å²) < 4.78 is 11.9. The highest BCUT2D eigenvalue weighted by Gasteiger charge is 2.35. The second kappa shape index (κ2) is 9.00. The van der Waals surface area contributed by atoms with Crippen molar-refractivity contribution in [2.24, 2.45) is 5.10 Å². The van der Waals surface area contributed by atoms with E-state index in [2.05, 4.69) is 15.1 Å². The maximum Gasteiger partial charge on any atom is 0.298 e. The topological polar surface area (TPSA) is 119 Å². The van der Waals surface area contributed by atoms with E-state index < -0.39 is 0 Å². The Morgan fingerprint density at radius 1 is 0.947 bits per heavy atom. The minimum Gasteiger partial charge on any atom is -0.497 e. The summed E-state index contributed by atoms with van der Waals surface area (Å²) in [6, 6.07) is 17.5. The van der Waals surface area contributed by atoms with Crippen molar-refractivity contribution in [2.45, 2.75) is 6.54 Å². The molecule has 2 amide bonds. The number of ether oxygens (including phenoxy) is 2. The first-order valence-corrected chi connectivity index (χ1v) is 11.7. The lowest BCUT2D eigenvalue weighted by molar-refractivity contribution is 0.0641. The monoisotopic (exact) mass is 507 g/mol. The number of hydrogen-bond donors (Lipinski definition) is 1. The van der Waals surface area contributed by atoms with Crippen LogP contribution < -0.4 is 15.0 Å². The van der Waals surface area contributed by atoms with E-state index in [0.717, 1.165) is 15.6 Å². The molecule has 3 heterocycles. The lowest BCUT2D eigenvalue weighted by Gasteiger charge is -2.16. The molecule has 0 saturated carbocycles. The fourth-order valence-corrected chi connectivity index (χ4v) is 4.62. The van der Waals surface area contributed by atoms with Crippen molar-refractivity contribution >= 4 is 40.0 Å². The van der Waals surface area contributed by atoms with Crippen LogP contribution >= 0.6 is 0 Å². The average molecular weight is 508 g/mol. The van der Waals surface area contributed by atoms with Crippen LogP contribution in [0.15, 0.2) is 76.9 Å². The number of aromatic amines is 1. The van der Waals surface area contributed by atoms with Gasteiger partial charge >= 0.3 is 0 Å². The van der Waals surface area contributed by atoms with E-state index in [9.17, 15) is 14.4 Å². The average Bonchev–Trinajstić information content (AvgIpc) is 3.44. The molecule has 0 saturated heterocycles. The zero-order valence-electron chi connectivity index (χ0n) is 20.5. The van der Waals surface area contributed by atoms with Gasteiger partial charge in [-0.3, -0.25) is 19.3 Å². The molecule has 0 spiro atoms. The van der Waals surface area contributed by atoms with Gasteiger partial charge in [0.2, 0.25) is 0 Å². The second-order valence-corrected chi connectivity index (χ2v) is 8.71. The van der Waals surface area contributed by atoms with E-state index in [0.29, 0.717) is 44.8 Å². The predicted molar refractivity (Wildman–Crippen MR) is 141 cm³/mol. The number of benzene rings is 3. The van der Waals surface area contributed by atoms with Crippen molar-refractivity contribution < 1.29 is 19.1 Å². The van der Waals surface area contributed by atoms with Crippen molar-refractivity contribution in [3.05, 3.63) is 99.6 Å². The van der Waals surface area contributed by atoms with E-state index in [1.165, 1.54) is 24.6 Å². The van der Waals surface area contributed by atoms with Gasteiger partial charge in [0.25, 0.3) is 17.4 Å². The molecule has 10 nitrogen and oxygen atoms in total. The fraction of sp³-hybridized carbons (Fsp3) is 0.107. The molecular weight excluding hydrogens is 486 g/mol. The smallest absolute Gasteiger partial charge is 0.298 e. The number of imide groups is 1. The summed E-state index contributed by atoms with van der Waals surface area (Å²) in [6.45, 7) is 0.0309. The predicted octanol–water partition coefficient (Wildman–Crippen LogP) is 3.57. The number of rotatable bonds is 6. The Kier molecular flexibility index (Phi) is 5.49. The molecule has 3 aromatic carbocycles. The summed E-state index contributed by atoms with van der Waals surface area (Å²) in [5.41, 5.74) is 3.28. The number of H-pyrrole nitrogens is 1. The van der Waals surface area contributed by atoms with E-state index in [4.69, 9.17) is 9.47 Å². The van der Waals surface area contributed by atoms with Gasteiger partial charge in [0, 0.05) is 17.0 Å². The van der Waals surface area contributed by atoms with Gasteiger partial charge in [0.15, 0.2) is 0 Å². The number of carbonyl (C=O) groups is 2. The van der Waals surface area contributed by atoms with Crippen molar-refractivity contribution in [3.63, 3.8) is 0 Å². The molecule has 1 aliphatic heterocycles. The van der Waals surface area contributed by atoms with Crippen molar-refractivity contribution in [1.82, 2.24) is 19.5 Å². The molecule has 0 aliphatic carbocycles. The molecule has 188 valence electrons. The van der Waals surface area contributed by atoms with E-state index in [1.54, 1.807) is 55.6 Å². The Bertz CT molecular complexity index is 1820. The molecule has 38 heavy (non-hydrogen) atoms. The number of nitrogens with one attached hydrogen (secondary N) is 1. The van der Waals surface area contributed by atoms with Crippen LogP contribution in [0, 0.1) is 0 Å². The third kappa shape index (κ3) is 3.70. The van der Waals surface area contributed by atoms with Gasteiger partial charge < -0.3 is 14.5 Å². The number of methoxy groups -OCH3 is 2. The molecule has 1 aliphatic rings. The van der Waals surface area contributed by atoms with Crippen LogP contribution in [-0.4, -0.2) is 51.8 Å². The Morgan fingerprint density at radius 2 is 1.71 bits per heavy atom. The number of amides is 2. The van der Waals surface area contributed by atoms with Gasteiger partial charge in [-0.2, -0.15) is 9.78 Å². The van der Waals surface area contributed by atoms with Crippen LogP contribution in [0.1, 0.15) is 31.8 Å². The first-order valence-electron chi connectivity index (χ1n) is 11.7. The fourth-order valence-electron chi connectivity index (χ4n) is 4.62. The highest BCUT2D eigenvalue weighted by molar-refractivity contribution is 6.21. The van der Waals surface area contributed by atoms with Gasteiger partial charge in [-0.1, -0.05) is 12.1 Å². The maximum atomic E-state index is 13.1. The Labute approximate surface area is 215 Å². The van der Waals surface area contributed by atoms with Gasteiger partial charge in [0.05, 0.1) is 43.6 Å². The molecule has 6 rings (SSSR count). The quantitative estimate of drug-likeness (QED) is 0.277. The number of hydrogen-bond acceptors (Lipinski definition) is 7. The first kappa shape index (κ1) is 23.2. The zero-order valence-corrected chi connectivity index (χ0v) is 20.5. The third-order valence-corrected chi connectivity index (χ3v) is 6.54. The van der Waals surface area contributed by atoms with Crippen LogP contribution in [-0.2, 0) is 6.54 Å². The summed E-state index contributed by atoms with van der Waals surface area (Å²) in [5, 5.41) is 5.11. The molecule has 0 unspecified atom stereocenters. The van der Waals surface area contributed by atoms with E-state index in [1.807, 2.05) is 12.1 Å². The number of nitrogens with zero attached hydrogens (tertiary/aromatic N) is 4. The van der Waals surface area contributed by atoms with E-state index >= 15 is 0 Å². The molecule has 0 fully saturated rings. The second-order valence-electron chi connectivity index (χ2n) is 8.71. The minimum atomic E-state index is -0.360. The van der Waals surface area contributed by atoms with Crippen LogP contribution in [0.3, 0.4) is 0 Å². The minimum absolute atomic E-state index is 0.0309. The SMILES string of the molecule is COc1ccc2c(c1)[nH]c1c(=O)n(/N=C/c3ccc(OC)c(CN4C(=O)c5ccccc5C4=O)c3)cnc12. The summed E-state index contributed by atoms with van der Waals surface area (Å²) >= 11 is 0. The highest BCUT2D eigenvalue weighted by atomic mass is 16.5. The van der Waals surface area contributed by atoms with Gasteiger partial charge in [-0.15, -0.1) is 0 Å². The molecule has 0 radical (unpaired) electrons. The molecule has 2 aromatic heterocycles. The summed E-state index contributed by atoms with van der Waals surface area (Å²) in [4.78, 5) is 47.5. The molecule has 0 atom stereocenters. The van der Waals surface area contributed by atoms with Crippen LogP contribution in [0.4, 0.5) is 0 Å². The van der Waals surface area contributed by atoms with Gasteiger partial charge in [-0.05, 0) is 48.0 Å². The zero-order chi connectivity index (χ0) is 26.4. The largest absolute Gasteiger partial charge is 0.497 e. The van der Waals surface area contributed by atoms with Gasteiger partial charge in [-0.25, -0.2) is 4.98 Å². The van der Waals surface area contributed by atoms with Crippen LogP contribution in [0.25, 0.3) is 21.9 Å². The third-order valence-electron chi connectivity index (χ3n) is 6.54. The summed E-state index contributed by atoms with van der Waals surface area (Å²) in [5.74, 6) is 0.480. The van der Waals surface area contributed by atoms with Crippen LogP contribution in [0.5, 0.6) is 11.5 Å². The molecular formula is C28H21N5O5. The van der Waals surface area contributed by atoms with Crippen molar-refractivity contribution in [1.29, 1.82) is 0 Å². The van der Waals surface area contributed by atoms with Crippen molar-refractivity contribution in [3.8, 4) is 11.5 Å². The normalized spacial score (nSPS) is 13.2. The Hall–Kier alpha value is -5.25. The standard InChI is InChI=1S/C28H21N5O5/c1-37-18-8-9-21-22(12-18)31-25-24(21)29-15-33(28(25)36)30-13-16-7-10-23(38-2)17(11-16)14-32-26(34)19-5-3-4-6-20(19)27(32)35/h3-13,15,31H,14H2,1-2H3/b30-13+. The van der Waals surface area contributed by atoms with Crippen LogP contribution in [0.2, 0.25) is 0 Å². The maximum absolute atomic E-state index is 13.1. The number of fused-ring (bicyclic) bond motifs is 4. The number of aromatic nitrogens is 3. The number of carbonyl (C=O) groups excluding carboxylic acids is 2.